The van der Waals surface area contributed by atoms with Crippen LogP contribution in [0.15, 0.2) is 0 Å². The van der Waals surface area contributed by atoms with Crippen molar-refractivity contribution in [3.8, 4) is 0 Å². The third-order valence-corrected chi connectivity index (χ3v) is 6.51. The fraction of sp³-hybridized carbons (Fsp3) is 1.00. The summed E-state index contributed by atoms with van der Waals surface area (Å²) in [5, 5.41) is 0. The normalized spacial score (nSPS) is 21.1. The summed E-state index contributed by atoms with van der Waals surface area (Å²) in [7, 11) is 0.878. The predicted octanol–water partition coefficient (Wildman–Crippen LogP) is 4.82. The van der Waals surface area contributed by atoms with E-state index in [9.17, 15) is 0 Å². The van der Waals surface area contributed by atoms with Gasteiger partial charge >= 0.3 is 0 Å². The van der Waals surface area contributed by atoms with Crippen molar-refractivity contribution in [3.05, 3.63) is 0 Å². The van der Waals surface area contributed by atoms with E-state index in [1.165, 1.54) is 32.1 Å². The van der Waals surface area contributed by atoms with Gasteiger partial charge in [-0.15, -0.1) is 0 Å². The molecule has 0 bridgehead atoms. The maximum absolute atomic E-state index is 5.43. The topological polar surface area (TPSA) is 9.23 Å². The molecule has 2 heteroatoms. The van der Waals surface area contributed by atoms with Crippen LogP contribution in [0.25, 0.3) is 0 Å². The van der Waals surface area contributed by atoms with Crippen molar-refractivity contribution in [2.75, 3.05) is 6.61 Å². The molecule has 4 atom stereocenters. The zero-order valence-corrected chi connectivity index (χ0v) is 17.5. The fourth-order valence-electron chi connectivity index (χ4n) is 4.23. The van der Waals surface area contributed by atoms with Crippen molar-refractivity contribution in [1.29, 1.82) is 0 Å². The Bertz CT molecular complexity index is 215. The molecule has 0 saturated heterocycles. The van der Waals surface area contributed by atoms with Gasteiger partial charge in [0.1, 0.15) is 10.5 Å². The minimum atomic E-state index is 0.503. The molecule has 0 heterocycles. The molecule has 4 unspecified atom stereocenters. The van der Waals surface area contributed by atoms with Crippen LogP contribution in [-0.4, -0.2) is 17.1 Å². The molecule has 0 aromatic rings. The standard InChI is InChI=1S/C18H40OSi/c1-8-15(5)18(16(6)9-2,17(7)10-3)13-14(4)11-12-19-20/h14-17H,8-13H2,1-7,20H3. The zero-order chi connectivity index (χ0) is 15.8. The third kappa shape index (κ3) is 4.87. The van der Waals surface area contributed by atoms with Gasteiger partial charge in [-0.3, -0.25) is 0 Å². The van der Waals surface area contributed by atoms with E-state index in [1.807, 2.05) is 0 Å². The van der Waals surface area contributed by atoms with Gasteiger partial charge in [0, 0.05) is 6.61 Å². The zero-order valence-electron chi connectivity index (χ0n) is 15.5. The Morgan fingerprint density at radius 3 is 1.55 bits per heavy atom. The summed E-state index contributed by atoms with van der Waals surface area (Å²) >= 11 is 0. The highest BCUT2D eigenvalue weighted by Gasteiger charge is 2.43. The Morgan fingerprint density at radius 2 is 1.25 bits per heavy atom. The maximum Gasteiger partial charge on any atom is 0.145 e. The lowest BCUT2D eigenvalue weighted by molar-refractivity contribution is -0.00969. The molecule has 0 aliphatic carbocycles. The monoisotopic (exact) mass is 300 g/mol. The van der Waals surface area contributed by atoms with Crippen molar-refractivity contribution in [2.45, 2.75) is 80.6 Å². The smallest absolute Gasteiger partial charge is 0.145 e. The first-order valence-corrected chi connectivity index (χ1v) is 9.70. The number of hydrogen-bond donors (Lipinski definition) is 0. The molecule has 0 saturated carbocycles. The molecule has 1 nitrogen and oxygen atoms in total. The summed E-state index contributed by atoms with van der Waals surface area (Å²) in [5.74, 6) is 3.21. The second kappa shape index (κ2) is 10.00. The highest BCUT2D eigenvalue weighted by atomic mass is 28.2. The Labute approximate surface area is 131 Å². The number of rotatable bonds is 11. The SMILES string of the molecule is CCC(C)C(CC(C)CCO[SiH3])(C(C)CC)C(C)CC. The second-order valence-corrected chi connectivity index (χ2v) is 7.71. The molecule has 0 aromatic carbocycles. The van der Waals surface area contributed by atoms with Crippen molar-refractivity contribution in [3.63, 3.8) is 0 Å². The average molecular weight is 301 g/mol. The van der Waals surface area contributed by atoms with Gasteiger partial charge in [-0.25, -0.2) is 0 Å². The van der Waals surface area contributed by atoms with E-state index in [1.54, 1.807) is 0 Å². The summed E-state index contributed by atoms with van der Waals surface area (Å²) in [4.78, 5) is 0. The number of hydrogen-bond acceptors (Lipinski definition) is 1. The molecule has 0 aliphatic heterocycles. The lowest BCUT2D eigenvalue weighted by Gasteiger charge is -2.50. The van der Waals surface area contributed by atoms with Crippen molar-refractivity contribution in [1.82, 2.24) is 0 Å². The van der Waals surface area contributed by atoms with Crippen LogP contribution in [0.2, 0.25) is 0 Å². The highest BCUT2D eigenvalue weighted by Crippen LogP contribution is 2.51. The highest BCUT2D eigenvalue weighted by molar-refractivity contribution is 5.97. The van der Waals surface area contributed by atoms with E-state index in [2.05, 4.69) is 48.5 Å². The molecular formula is C18H40OSi. The first kappa shape index (κ1) is 20.2. The molecule has 0 radical (unpaired) electrons. The summed E-state index contributed by atoms with van der Waals surface area (Å²) in [5.41, 5.74) is 0.503. The Morgan fingerprint density at radius 1 is 0.850 bits per heavy atom. The van der Waals surface area contributed by atoms with Crippen LogP contribution < -0.4 is 0 Å². The van der Waals surface area contributed by atoms with Crippen molar-refractivity contribution < 1.29 is 4.43 Å². The molecule has 0 fully saturated rings. The van der Waals surface area contributed by atoms with E-state index < -0.39 is 0 Å². The van der Waals surface area contributed by atoms with Gasteiger partial charge in [0.15, 0.2) is 0 Å². The molecular weight excluding hydrogens is 260 g/mol. The van der Waals surface area contributed by atoms with Gasteiger partial charge in [0.05, 0.1) is 0 Å². The van der Waals surface area contributed by atoms with Gasteiger partial charge in [0.2, 0.25) is 0 Å². The summed E-state index contributed by atoms with van der Waals surface area (Å²) in [6, 6.07) is 0. The Balaban J connectivity index is 5.27. The third-order valence-electron chi connectivity index (χ3n) is 6.11. The largest absolute Gasteiger partial charge is 0.428 e. The van der Waals surface area contributed by atoms with E-state index in [-0.39, 0.29) is 0 Å². The van der Waals surface area contributed by atoms with Crippen LogP contribution in [0.5, 0.6) is 0 Å². The quantitative estimate of drug-likeness (QED) is 0.497. The van der Waals surface area contributed by atoms with Gasteiger partial charge in [-0.05, 0) is 41.9 Å². The second-order valence-electron chi connectivity index (χ2n) is 7.13. The minimum absolute atomic E-state index is 0.503. The maximum atomic E-state index is 5.43. The summed E-state index contributed by atoms with van der Waals surface area (Å²) in [6.45, 7) is 18.0. The van der Waals surface area contributed by atoms with Crippen LogP contribution >= 0.6 is 0 Å². The van der Waals surface area contributed by atoms with Gasteiger partial charge in [0.25, 0.3) is 0 Å². The van der Waals surface area contributed by atoms with E-state index in [0.29, 0.717) is 5.41 Å². The van der Waals surface area contributed by atoms with Crippen molar-refractivity contribution in [2.24, 2.45) is 29.1 Å². The minimum Gasteiger partial charge on any atom is -0.428 e. The molecule has 0 amide bonds. The first-order chi connectivity index (χ1) is 9.40. The molecule has 0 aliphatic rings. The first-order valence-electron chi connectivity index (χ1n) is 8.89. The van der Waals surface area contributed by atoms with E-state index in [0.717, 1.165) is 40.8 Å². The molecule has 0 spiro atoms. The molecule has 0 N–H and O–H groups in total. The molecule has 0 rings (SSSR count). The Hall–Kier alpha value is 0.177. The van der Waals surface area contributed by atoms with Crippen LogP contribution in [0.4, 0.5) is 0 Å². The van der Waals surface area contributed by atoms with Crippen LogP contribution in [-0.2, 0) is 4.43 Å². The van der Waals surface area contributed by atoms with E-state index in [4.69, 9.17) is 4.43 Å². The van der Waals surface area contributed by atoms with Crippen LogP contribution in [0.3, 0.4) is 0 Å². The summed E-state index contributed by atoms with van der Waals surface area (Å²) in [6.07, 6.45) is 6.52. The average Bonchev–Trinajstić information content (AvgIpc) is 2.47. The van der Waals surface area contributed by atoms with Crippen molar-refractivity contribution >= 4 is 10.5 Å². The van der Waals surface area contributed by atoms with Gasteiger partial charge in [-0.2, -0.15) is 0 Å². The molecule has 20 heavy (non-hydrogen) atoms. The van der Waals surface area contributed by atoms with E-state index >= 15 is 0 Å². The van der Waals surface area contributed by atoms with Gasteiger partial charge in [-0.1, -0.05) is 67.7 Å². The van der Waals surface area contributed by atoms with Crippen LogP contribution in [0, 0.1) is 29.1 Å². The molecule has 0 aromatic heterocycles. The molecule has 122 valence electrons. The lowest BCUT2D eigenvalue weighted by atomic mass is 9.55. The fourth-order valence-corrected chi connectivity index (χ4v) is 4.46. The van der Waals surface area contributed by atoms with Crippen LogP contribution in [0.1, 0.15) is 80.6 Å². The van der Waals surface area contributed by atoms with Gasteiger partial charge < -0.3 is 4.43 Å². The summed E-state index contributed by atoms with van der Waals surface area (Å²) < 4.78 is 5.43. The Kier molecular flexibility index (Phi) is 10.1. The lowest BCUT2D eigenvalue weighted by Crippen LogP contribution is -2.42. The predicted molar refractivity (Wildman–Crippen MR) is 95.1 cm³/mol.